The summed E-state index contributed by atoms with van der Waals surface area (Å²) in [4.78, 5) is 16.1. The molecule has 5 heteroatoms. The van der Waals surface area contributed by atoms with Crippen LogP contribution in [0.3, 0.4) is 0 Å². The van der Waals surface area contributed by atoms with E-state index < -0.39 is 0 Å². The van der Waals surface area contributed by atoms with Gasteiger partial charge in [0.2, 0.25) is 0 Å². The van der Waals surface area contributed by atoms with Crippen LogP contribution in [0.2, 0.25) is 0 Å². The Morgan fingerprint density at radius 3 is 2.15 bits per heavy atom. The highest BCUT2D eigenvalue weighted by atomic mass is 16.5. The van der Waals surface area contributed by atoms with E-state index in [1.165, 1.54) is 0 Å². The predicted molar refractivity (Wildman–Crippen MR) is 76.5 cm³/mol. The monoisotopic (exact) mass is 272 g/mol. The molecule has 2 aromatic rings. The van der Waals surface area contributed by atoms with Gasteiger partial charge in [0, 0.05) is 29.2 Å². The number of carbonyl (C=O) groups excluding carboxylic acids is 1. The Hall–Kier alpha value is -2.56. The standard InChI is InChI=1S/C15H16N2O3/c1-10-13(19-2)8-11(9-14(10)20-3)15(18)17-12-4-6-16-7-5-12/h4-9H,1-3H3,(H,16,17,18). The predicted octanol–water partition coefficient (Wildman–Crippen LogP) is 2.66. The fourth-order valence-corrected chi connectivity index (χ4v) is 1.86. The fraction of sp³-hybridized carbons (Fsp3) is 0.200. The van der Waals surface area contributed by atoms with Gasteiger partial charge >= 0.3 is 0 Å². The minimum absolute atomic E-state index is 0.229. The van der Waals surface area contributed by atoms with Crippen molar-refractivity contribution in [2.24, 2.45) is 0 Å². The zero-order valence-corrected chi connectivity index (χ0v) is 11.6. The molecule has 0 aliphatic heterocycles. The van der Waals surface area contributed by atoms with Gasteiger partial charge in [-0.2, -0.15) is 0 Å². The van der Waals surface area contributed by atoms with E-state index in [0.717, 1.165) is 5.56 Å². The quantitative estimate of drug-likeness (QED) is 0.929. The minimum atomic E-state index is -0.229. The molecule has 0 aliphatic rings. The van der Waals surface area contributed by atoms with E-state index in [-0.39, 0.29) is 5.91 Å². The summed E-state index contributed by atoms with van der Waals surface area (Å²) in [6.45, 7) is 1.88. The van der Waals surface area contributed by atoms with Crippen LogP contribution in [0.25, 0.3) is 0 Å². The van der Waals surface area contributed by atoms with Crippen LogP contribution < -0.4 is 14.8 Å². The first-order chi connectivity index (χ1) is 9.65. The second-order valence-corrected chi connectivity index (χ2v) is 4.20. The number of anilines is 1. The highest BCUT2D eigenvalue weighted by Gasteiger charge is 2.13. The number of nitrogens with zero attached hydrogens (tertiary/aromatic N) is 1. The number of hydrogen-bond donors (Lipinski definition) is 1. The lowest BCUT2D eigenvalue weighted by Crippen LogP contribution is -2.12. The van der Waals surface area contributed by atoms with Gasteiger partial charge in [0.15, 0.2) is 0 Å². The molecule has 104 valence electrons. The zero-order chi connectivity index (χ0) is 14.5. The average Bonchev–Trinajstić information content (AvgIpc) is 2.48. The van der Waals surface area contributed by atoms with Crippen molar-refractivity contribution in [1.82, 2.24) is 4.98 Å². The van der Waals surface area contributed by atoms with Crippen molar-refractivity contribution in [3.8, 4) is 11.5 Å². The van der Waals surface area contributed by atoms with Crippen molar-refractivity contribution in [2.75, 3.05) is 19.5 Å². The number of carbonyl (C=O) groups is 1. The van der Waals surface area contributed by atoms with Crippen LogP contribution in [0.5, 0.6) is 11.5 Å². The molecule has 2 rings (SSSR count). The summed E-state index contributed by atoms with van der Waals surface area (Å²) in [6.07, 6.45) is 3.23. The molecule has 5 nitrogen and oxygen atoms in total. The maximum atomic E-state index is 12.2. The number of methoxy groups -OCH3 is 2. The third-order valence-electron chi connectivity index (χ3n) is 2.95. The number of nitrogens with one attached hydrogen (secondary N) is 1. The number of hydrogen-bond acceptors (Lipinski definition) is 4. The number of aromatic nitrogens is 1. The first-order valence-corrected chi connectivity index (χ1v) is 6.09. The Balaban J connectivity index is 2.30. The first kappa shape index (κ1) is 13.9. The summed E-state index contributed by atoms with van der Waals surface area (Å²) >= 11 is 0. The molecule has 0 radical (unpaired) electrons. The van der Waals surface area contributed by atoms with Crippen LogP contribution in [0, 0.1) is 6.92 Å². The highest BCUT2D eigenvalue weighted by Crippen LogP contribution is 2.29. The summed E-state index contributed by atoms with van der Waals surface area (Å²) in [6, 6.07) is 6.82. The molecule has 0 atom stereocenters. The average molecular weight is 272 g/mol. The van der Waals surface area contributed by atoms with Crippen molar-refractivity contribution < 1.29 is 14.3 Å². The molecule has 0 saturated carbocycles. The van der Waals surface area contributed by atoms with Gasteiger partial charge < -0.3 is 14.8 Å². The molecule has 0 saturated heterocycles. The van der Waals surface area contributed by atoms with Crippen molar-refractivity contribution in [3.05, 3.63) is 47.8 Å². The van der Waals surface area contributed by atoms with E-state index in [2.05, 4.69) is 10.3 Å². The molecule has 0 unspecified atom stereocenters. The van der Waals surface area contributed by atoms with E-state index in [1.54, 1.807) is 50.9 Å². The maximum Gasteiger partial charge on any atom is 0.255 e. The van der Waals surface area contributed by atoms with Crippen molar-refractivity contribution in [3.63, 3.8) is 0 Å². The molecule has 1 amide bonds. The molecule has 0 aliphatic carbocycles. The van der Waals surface area contributed by atoms with Crippen molar-refractivity contribution in [2.45, 2.75) is 6.92 Å². The summed E-state index contributed by atoms with van der Waals surface area (Å²) in [5.74, 6) is 1.00. The number of benzene rings is 1. The Kier molecular flexibility index (Phi) is 4.20. The molecule has 1 heterocycles. The van der Waals surface area contributed by atoms with E-state index in [1.807, 2.05) is 6.92 Å². The second-order valence-electron chi connectivity index (χ2n) is 4.20. The highest BCUT2D eigenvalue weighted by molar-refractivity contribution is 6.04. The van der Waals surface area contributed by atoms with Crippen LogP contribution >= 0.6 is 0 Å². The van der Waals surface area contributed by atoms with Crippen LogP contribution in [0.15, 0.2) is 36.7 Å². The lowest BCUT2D eigenvalue weighted by Gasteiger charge is -2.12. The van der Waals surface area contributed by atoms with Crippen LogP contribution in [-0.4, -0.2) is 25.1 Å². The largest absolute Gasteiger partial charge is 0.496 e. The molecular weight excluding hydrogens is 256 g/mol. The number of pyridine rings is 1. The topological polar surface area (TPSA) is 60.5 Å². The third-order valence-corrected chi connectivity index (χ3v) is 2.95. The van der Waals surface area contributed by atoms with E-state index in [0.29, 0.717) is 22.7 Å². The molecule has 0 spiro atoms. The van der Waals surface area contributed by atoms with Crippen LogP contribution in [0.1, 0.15) is 15.9 Å². The molecule has 1 N–H and O–H groups in total. The fourth-order valence-electron chi connectivity index (χ4n) is 1.86. The summed E-state index contributed by atoms with van der Waals surface area (Å²) in [5.41, 5.74) is 2.01. The molecule has 0 bridgehead atoms. The SMILES string of the molecule is COc1cc(C(=O)Nc2ccncc2)cc(OC)c1C. The van der Waals surface area contributed by atoms with Gasteiger partial charge in [-0.3, -0.25) is 9.78 Å². The van der Waals surface area contributed by atoms with E-state index >= 15 is 0 Å². The molecule has 0 fully saturated rings. The normalized spacial score (nSPS) is 9.95. The molecule has 1 aromatic heterocycles. The van der Waals surface area contributed by atoms with Gasteiger partial charge in [0.05, 0.1) is 14.2 Å². The maximum absolute atomic E-state index is 12.2. The van der Waals surface area contributed by atoms with Crippen LogP contribution in [-0.2, 0) is 0 Å². The lowest BCUT2D eigenvalue weighted by molar-refractivity contribution is 0.102. The van der Waals surface area contributed by atoms with E-state index in [9.17, 15) is 4.79 Å². The summed E-state index contributed by atoms with van der Waals surface area (Å²) in [5, 5.41) is 2.79. The molecule has 20 heavy (non-hydrogen) atoms. The summed E-state index contributed by atoms with van der Waals surface area (Å²) in [7, 11) is 3.12. The Labute approximate surface area is 117 Å². The Morgan fingerprint density at radius 1 is 1.10 bits per heavy atom. The third kappa shape index (κ3) is 2.88. The van der Waals surface area contributed by atoms with Crippen LogP contribution in [0.4, 0.5) is 5.69 Å². The van der Waals surface area contributed by atoms with Crippen molar-refractivity contribution >= 4 is 11.6 Å². The molecule has 1 aromatic carbocycles. The lowest BCUT2D eigenvalue weighted by atomic mass is 10.1. The Bertz CT molecular complexity index is 587. The number of ether oxygens (including phenoxy) is 2. The van der Waals surface area contributed by atoms with Gasteiger partial charge in [-0.25, -0.2) is 0 Å². The van der Waals surface area contributed by atoms with Gasteiger partial charge in [-0.05, 0) is 31.2 Å². The van der Waals surface area contributed by atoms with Gasteiger partial charge in [0.25, 0.3) is 5.91 Å². The number of amides is 1. The smallest absolute Gasteiger partial charge is 0.255 e. The number of rotatable bonds is 4. The van der Waals surface area contributed by atoms with Gasteiger partial charge in [-0.15, -0.1) is 0 Å². The molecular formula is C15H16N2O3. The first-order valence-electron chi connectivity index (χ1n) is 6.09. The summed E-state index contributed by atoms with van der Waals surface area (Å²) < 4.78 is 10.5. The van der Waals surface area contributed by atoms with E-state index in [4.69, 9.17) is 9.47 Å². The zero-order valence-electron chi connectivity index (χ0n) is 11.6. The second kappa shape index (κ2) is 6.06. The Morgan fingerprint density at radius 2 is 1.65 bits per heavy atom. The van der Waals surface area contributed by atoms with Gasteiger partial charge in [0.1, 0.15) is 11.5 Å². The minimum Gasteiger partial charge on any atom is -0.496 e. The van der Waals surface area contributed by atoms with Gasteiger partial charge in [-0.1, -0.05) is 0 Å². The van der Waals surface area contributed by atoms with Crippen molar-refractivity contribution in [1.29, 1.82) is 0 Å².